The van der Waals surface area contributed by atoms with Crippen LogP contribution in [-0.4, -0.2) is 14.1 Å². The van der Waals surface area contributed by atoms with E-state index in [1.807, 2.05) is 0 Å². The molecule has 184 valence electrons. The Bertz CT molecular complexity index is 1620. The molecule has 2 N–H and O–H groups in total. The first-order valence-electron chi connectivity index (χ1n) is 13.1. The van der Waals surface area contributed by atoms with Crippen LogP contribution in [0.15, 0.2) is 115 Å². The lowest BCUT2D eigenvalue weighted by Gasteiger charge is -2.32. The first-order chi connectivity index (χ1) is 18.1. The van der Waals surface area contributed by atoms with Crippen molar-refractivity contribution in [3.8, 4) is 5.75 Å². The summed E-state index contributed by atoms with van der Waals surface area (Å²) in [7, 11) is 4.24. The third-order valence-electron chi connectivity index (χ3n) is 7.80. The van der Waals surface area contributed by atoms with Crippen molar-refractivity contribution in [2.24, 2.45) is 0 Å². The van der Waals surface area contributed by atoms with Crippen molar-refractivity contribution in [2.75, 3.05) is 19.0 Å². The number of quaternary nitrogens is 1. The van der Waals surface area contributed by atoms with Crippen molar-refractivity contribution >= 4 is 32.9 Å². The monoisotopic (exact) mass is 485 g/mol. The minimum absolute atomic E-state index is 0.141. The highest BCUT2D eigenvalue weighted by Crippen LogP contribution is 2.45. The lowest BCUT2D eigenvalue weighted by atomic mass is 9.72. The highest BCUT2D eigenvalue weighted by Gasteiger charge is 2.34. The van der Waals surface area contributed by atoms with E-state index >= 15 is 0 Å². The zero-order valence-corrected chi connectivity index (χ0v) is 21.7. The van der Waals surface area contributed by atoms with Gasteiger partial charge in [-0.3, -0.25) is 0 Å². The maximum atomic E-state index is 6.54. The molecule has 0 amide bonds. The molecule has 3 nitrogen and oxygen atoms in total. The fourth-order valence-corrected chi connectivity index (χ4v) is 5.90. The minimum Gasteiger partial charge on any atom is -0.438 e. The van der Waals surface area contributed by atoms with Gasteiger partial charge in [0.1, 0.15) is 5.69 Å². The van der Waals surface area contributed by atoms with Gasteiger partial charge in [0.15, 0.2) is 11.6 Å². The van der Waals surface area contributed by atoms with Crippen LogP contribution in [0, 0.1) is 0 Å². The number of hydrogen-bond donors (Lipinski definition) is 1. The van der Waals surface area contributed by atoms with Crippen LogP contribution >= 0.6 is 0 Å². The van der Waals surface area contributed by atoms with Crippen molar-refractivity contribution in [3.05, 3.63) is 126 Å². The topological polar surface area (TPSA) is 29.1 Å². The van der Waals surface area contributed by atoms with Crippen LogP contribution < -0.4 is 15.0 Å². The van der Waals surface area contributed by atoms with E-state index in [2.05, 4.69) is 140 Å². The molecular weight excluding hydrogens is 452 g/mol. The highest BCUT2D eigenvalue weighted by molar-refractivity contribution is 5.95. The second-order valence-electron chi connectivity index (χ2n) is 10.3. The summed E-state index contributed by atoms with van der Waals surface area (Å²) in [6.45, 7) is 2.41. The van der Waals surface area contributed by atoms with Crippen molar-refractivity contribution in [1.82, 2.24) is 0 Å². The molecule has 5 aromatic carbocycles. The maximum Gasteiger partial charge on any atom is 0.196 e. The fourth-order valence-electron chi connectivity index (χ4n) is 5.90. The molecular formula is C34H33N2O+. The zero-order chi connectivity index (χ0) is 25.4. The lowest BCUT2D eigenvalue weighted by Crippen LogP contribution is -2.73. The van der Waals surface area contributed by atoms with Crippen molar-refractivity contribution in [2.45, 2.75) is 25.2 Å². The van der Waals surface area contributed by atoms with E-state index in [0.717, 1.165) is 35.5 Å². The van der Waals surface area contributed by atoms with E-state index in [0.29, 0.717) is 0 Å². The molecule has 0 aromatic heterocycles. The summed E-state index contributed by atoms with van der Waals surface area (Å²) in [5, 5.41) is 7.20. The van der Waals surface area contributed by atoms with E-state index < -0.39 is 0 Å². The van der Waals surface area contributed by atoms with E-state index in [-0.39, 0.29) is 5.41 Å². The van der Waals surface area contributed by atoms with Gasteiger partial charge >= 0.3 is 0 Å². The second-order valence-corrected chi connectivity index (χ2v) is 10.3. The lowest BCUT2D eigenvalue weighted by molar-refractivity contribution is -0.540. The number of nitrogens with zero attached hydrogens (tertiary/aromatic N) is 1. The Morgan fingerprint density at radius 2 is 1.43 bits per heavy atom. The molecule has 37 heavy (non-hydrogen) atoms. The third-order valence-corrected chi connectivity index (χ3v) is 7.80. The van der Waals surface area contributed by atoms with E-state index in [9.17, 15) is 0 Å². The van der Waals surface area contributed by atoms with Crippen LogP contribution in [0.1, 0.15) is 24.5 Å². The molecule has 0 spiro atoms. The van der Waals surface area contributed by atoms with Gasteiger partial charge in [-0.1, -0.05) is 91.9 Å². The molecule has 0 aliphatic carbocycles. The van der Waals surface area contributed by atoms with Gasteiger partial charge in [-0.15, -0.1) is 0 Å². The van der Waals surface area contributed by atoms with Gasteiger partial charge in [-0.2, -0.15) is 0 Å². The van der Waals surface area contributed by atoms with Crippen LogP contribution in [0.5, 0.6) is 5.75 Å². The van der Waals surface area contributed by atoms with E-state index in [1.54, 1.807) is 0 Å². The SMILES string of the molecule is C[NH2+]c1ccc2ccccc2c1C(C)(CC=C1Oc2c(ccc3ccccc23)N1C)Cc1ccccc1. The number of hydrogen-bond acceptors (Lipinski definition) is 2. The highest BCUT2D eigenvalue weighted by atomic mass is 16.5. The Hall–Kier alpha value is -4.08. The number of allylic oxidation sites excluding steroid dienone is 1. The first-order valence-corrected chi connectivity index (χ1v) is 13.1. The van der Waals surface area contributed by atoms with Crippen molar-refractivity contribution in [1.29, 1.82) is 0 Å². The molecule has 0 radical (unpaired) electrons. The number of fused-ring (bicyclic) bond motifs is 4. The quantitative estimate of drug-likeness (QED) is 0.260. The average Bonchev–Trinajstić information content (AvgIpc) is 3.27. The Morgan fingerprint density at radius 3 is 2.19 bits per heavy atom. The summed E-state index contributed by atoms with van der Waals surface area (Å²) in [6.07, 6.45) is 4.08. The standard InChI is InChI=1S/C34H32N2O/c1-34(23-24-11-5-4-6-12-24,32-27-15-9-7-13-25(27)17-19-29(32)35-2)22-21-31-36(3)30-20-18-26-14-8-10-16-28(26)33(30)37-31/h4-21,35H,22-23H2,1-3H3/p+1. The molecule has 0 bridgehead atoms. The molecule has 0 saturated carbocycles. The smallest absolute Gasteiger partial charge is 0.196 e. The minimum atomic E-state index is -0.141. The van der Waals surface area contributed by atoms with Gasteiger partial charge in [-0.25, -0.2) is 0 Å². The Labute approximate surface area is 219 Å². The van der Waals surface area contributed by atoms with Crippen LogP contribution in [-0.2, 0) is 11.8 Å². The van der Waals surface area contributed by atoms with Crippen LogP contribution in [0.25, 0.3) is 21.5 Å². The van der Waals surface area contributed by atoms with Crippen molar-refractivity contribution < 1.29 is 10.1 Å². The average molecular weight is 486 g/mol. The van der Waals surface area contributed by atoms with Gasteiger partial charge < -0.3 is 15.0 Å². The van der Waals surface area contributed by atoms with E-state index in [4.69, 9.17) is 4.74 Å². The summed E-state index contributed by atoms with van der Waals surface area (Å²) in [6, 6.07) is 36.9. The predicted octanol–water partition coefficient (Wildman–Crippen LogP) is 7.08. The summed E-state index contributed by atoms with van der Waals surface area (Å²) in [5.41, 5.74) is 5.01. The number of benzene rings is 5. The molecule has 5 aromatic rings. The van der Waals surface area contributed by atoms with Gasteiger partial charge in [0, 0.05) is 23.4 Å². The predicted molar refractivity (Wildman–Crippen MR) is 155 cm³/mol. The maximum absolute atomic E-state index is 6.54. The van der Waals surface area contributed by atoms with Gasteiger partial charge in [-0.05, 0) is 58.8 Å². The van der Waals surface area contributed by atoms with Crippen LogP contribution in [0.4, 0.5) is 11.4 Å². The number of rotatable bonds is 6. The van der Waals surface area contributed by atoms with Crippen LogP contribution in [0.3, 0.4) is 0 Å². The van der Waals surface area contributed by atoms with Crippen LogP contribution in [0.2, 0.25) is 0 Å². The largest absolute Gasteiger partial charge is 0.438 e. The van der Waals surface area contributed by atoms with Gasteiger partial charge in [0.2, 0.25) is 0 Å². The molecule has 0 saturated heterocycles. The van der Waals surface area contributed by atoms with E-state index in [1.165, 1.54) is 33.0 Å². The molecule has 1 atom stereocenters. The summed E-state index contributed by atoms with van der Waals surface area (Å²) >= 11 is 0. The van der Waals surface area contributed by atoms with Gasteiger partial charge in [0.25, 0.3) is 0 Å². The molecule has 1 aliphatic heterocycles. The molecule has 6 rings (SSSR count). The zero-order valence-electron chi connectivity index (χ0n) is 21.7. The Balaban J connectivity index is 1.45. The first kappa shape index (κ1) is 23.3. The van der Waals surface area contributed by atoms with Gasteiger partial charge in [0.05, 0.1) is 12.7 Å². The summed E-state index contributed by atoms with van der Waals surface area (Å²) in [4.78, 5) is 2.18. The third kappa shape index (κ3) is 4.16. The molecule has 1 unspecified atom stereocenters. The normalized spacial score (nSPS) is 15.6. The number of anilines is 1. The fraction of sp³-hybridized carbons (Fsp3) is 0.176. The number of nitrogens with two attached hydrogens (primary N) is 1. The summed E-state index contributed by atoms with van der Waals surface area (Å²) in [5.74, 6) is 1.84. The number of ether oxygens (including phenoxy) is 1. The molecule has 0 fully saturated rings. The summed E-state index contributed by atoms with van der Waals surface area (Å²) < 4.78 is 6.54. The van der Waals surface area contributed by atoms with Crippen molar-refractivity contribution in [3.63, 3.8) is 0 Å². The Morgan fingerprint density at radius 1 is 0.784 bits per heavy atom. The molecule has 3 heteroatoms. The molecule has 1 heterocycles. The Kier molecular flexibility index (Phi) is 5.94. The second kappa shape index (κ2) is 9.42. The molecule has 1 aliphatic rings.